The standard InChI is InChI=1S/C13H14N2O2/c16-13(5-9-7-17-8-9)15-12-6-14-11-4-2-1-3-10(11)12/h1-4,6,9,14H,5,7-8H2,(H,15,16). The number of hydrogen-bond donors (Lipinski definition) is 2. The lowest BCUT2D eigenvalue weighted by atomic mass is 10.0. The predicted octanol–water partition coefficient (Wildman–Crippen LogP) is 2.14. The summed E-state index contributed by atoms with van der Waals surface area (Å²) in [6, 6.07) is 7.92. The second kappa shape index (κ2) is 4.22. The van der Waals surface area contributed by atoms with Crippen molar-refractivity contribution in [2.45, 2.75) is 6.42 Å². The molecule has 17 heavy (non-hydrogen) atoms. The van der Waals surface area contributed by atoms with Crippen molar-refractivity contribution in [1.29, 1.82) is 0 Å². The van der Waals surface area contributed by atoms with Gasteiger partial charge in [0.2, 0.25) is 5.91 Å². The van der Waals surface area contributed by atoms with E-state index < -0.39 is 0 Å². The van der Waals surface area contributed by atoms with Gasteiger partial charge in [-0.25, -0.2) is 0 Å². The monoisotopic (exact) mass is 230 g/mol. The number of rotatable bonds is 3. The SMILES string of the molecule is O=C(CC1COC1)Nc1c[nH]c2ccccc12. The molecule has 0 radical (unpaired) electrons. The van der Waals surface area contributed by atoms with Gasteiger partial charge in [0, 0.05) is 29.4 Å². The van der Waals surface area contributed by atoms with E-state index in [2.05, 4.69) is 10.3 Å². The summed E-state index contributed by atoms with van der Waals surface area (Å²) < 4.78 is 5.06. The third kappa shape index (κ3) is 2.03. The van der Waals surface area contributed by atoms with E-state index in [4.69, 9.17) is 4.74 Å². The van der Waals surface area contributed by atoms with Crippen LogP contribution >= 0.6 is 0 Å². The molecular formula is C13H14N2O2. The highest BCUT2D eigenvalue weighted by molar-refractivity contribution is 6.01. The van der Waals surface area contributed by atoms with Crippen molar-refractivity contribution in [3.05, 3.63) is 30.5 Å². The van der Waals surface area contributed by atoms with Crippen molar-refractivity contribution in [2.75, 3.05) is 18.5 Å². The van der Waals surface area contributed by atoms with Crippen LogP contribution in [0.4, 0.5) is 5.69 Å². The molecule has 0 saturated carbocycles. The van der Waals surface area contributed by atoms with Crippen LogP contribution in [0.25, 0.3) is 10.9 Å². The van der Waals surface area contributed by atoms with E-state index in [-0.39, 0.29) is 5.91 Å². The molecule has 1 amide bonds. The van der Waals surface area contributed by atoms with Crippen LogP contribution in [-0.2, 0) is 9.53 Å². The quantitative estimate of drug-likeness (QED) is 0.848. The zero-order valence-electron chi connectivity index (χ0n) is 9.40. The van der Waals surface area contributed by atoms with E-state index in [1.165, 1.54) is 0 Å². The molecule has 2 heterocycles. The van der Waals surface area contributed by atoms with Gasteiger partial charge in [0.25, 0.3) is 0 Å². The number of aromatic amines is 1. The van der Waals surface area contributed by atoms with Gasteiger partial charge in [-0.15, -0.1) is 0 Å². The molecule has 0 aliphatic carbocycles. The third-order valence-corrected chi connectivity index (χ3v) is 3.04. The number of benzene rings is 1. The normalized spacial score (nSPS) is 15.8. The number of amides is 1. The summed E-state index contributed by atoms with van der Waals surface area (Å²) >= 11 is 0. The first-order chi connectivity index (χ1) is 8.33. The Hall–Kier alpha value is -1.81. The fourth-order valence-electron chi connectivity index (χ4n) is 2.04. The van der Waals surface area contributed by atoms with Crippen LogP contribution < -0.4 is 5.32 Å². The number of para-hydroxylation sites is 1. The van der Waals surface area contributed by atoms with Gasteiger partial charge in [-0.1, -0.05) is 18.2 Å². The Labute approximate surface area is 99.0 Å². The largest absolute Gasteiger partial charge is 0.381 e. The van der Waals surface area contributed by atoms with Crippen LogP contribution in [-0.4, -0.2) is 24.1 Å². The molecule has 0 unspecified atom stereocenters. The zero-order valence-corrected chi connectivity index (χ0v) is 9.40. The molecule has 4 nitrogen and oxygen atoms in total. The lowest BCUT2D eigenvalue weighted by molar-refractivity contribution is -0.121. The van der Waals surface area contributed by atoms with Crippen molar-refractivity contribution >= 4 is 22.5 Å². The molecule has 1 saturated heterocycles. The fourth-order valence-corrected chi connectivity index (χ4v) is 2.04. The Morgan fingerprint density at radius 1 is 1.41 bits per heavy atom. The Morgan fingerprint density at radius 2 is 2.24 bits per heavy atom. The molecule has 1 aromatic carbocycles. The van der Waals surface area contributed by atoms with E-state index in [0.29, 0.717) is 25.6 Å². The Bertz CT molecular complexity index is 543. The van der Waals surface area contributed by atoms with E-state index in [9.17, 15) is 4.79 Å². The number of aromatic nitrogens is 1. The summed E-state index contributed by atoms with van der Waals surface area (Å²) in [6.07, 6.45) is 2.37. The minimum atomic E-state index is 0.0584. The molecule has 0 bridgehead atoms. The molecular weight excluding hydrogens is 216 g/mol. The van der Waals surface area contributed by atoms with E-state index in [1.54, 1.807) is 0 Å². The molecule has 1 aliphatic heterocycles. The maximum Gasteiger partial charge on any atom is 0.224 e. The molecule has 1 aromatic heterocycles. The van der Waals surface area contributed by atoms with Crippen LogP contribution in [0, 0.1) is 5.92 Å². The van der Waals surface area contributed by atoms with E-state index >= 15 is 0 Å². The van der Waals surface area contributed by atoms with Crippen LogP contribution in [0.2, 0.25) is 0 Å². The second-order valence-corrected chi connectivity index (χ2v) is 4.40. The summed E-state index contributed by atoms with van der Waals surface area (Å²) in [7, 11) is 0. The van der Waals surface area contributed by atoms with Gasteiger partial charge in [-0.3, -0.25) is 4.79 Å². The number of ether oxygens (including phenoxy) is 1. The van der Waals surface area contributed by atoms with Gasteiger partial charge >= 0.3 is 0 Å². The summed E-state index contributed by atoms with van der Waals surface area (Å²) in [5.74, 6) is 0.447. The lowest BCUT2D eigenvalue weighted by Gasteiger charge is -2.25. The Kier molecular flexibility index (Phi) is 2.57. The number of hydrogen-bond acceptors (Lipinski definition) is 2. The molecule has 0 atom stereocenters. The van der Waals surface area contributed by atoms with Crippen molar-refractivity contribution in [3.63, 3.8) is 0 Å². The number of carbonyl (C=O) groups excluding carboxylic acids is 1. The topological polar surface area (TPSA) is 54.1 Å². The molecule has 2 N–H and O–H groups in total. The maximum absolute atomic E-state index is 11.8. The molecule has 0 spiro atoms. The summed E-state index contributed by atoms with van der Waals surface area (Å²) in [4.78, 5) is 14.9. The highest BCUT2D eigenvalue weighted by Crippen LogP contribution is 2.23. The molecule has 1 fully saturated rings. The third-order valence-electron chi connectivity index (χ3n) is 3.04. The van der Waals surface area contributed by atoms with Crippen molar-refractivity contribution in [1.82, 2.24) is 4.98 Å². The first-order valence-corrected chi connectivity index (χ1v) is 5.76. The zero-order chi connectivity index (χ0) is 11.7. The highest BCUT2D eigenvalue weighted by Gasteiger charge is 2.21. The highest BCUT2D eigenvalue weighted by atomic mass is 16.5. The van der Waals surface area contributed by atoms with Crippen LogP contribution in [0.5, 0.6) is 0 Å². The minimum Gasteiger partial charge on any atom is -0.381 e. The Morgan fingerprint density at radius 3 is 3.00 bits per heavy atom. The first-order valence-electron chi connectivity index (χ1n) is 5.76. The smallest absolute Gasteiger partial charge is 0.224 e. The predicted molar refractivity (Wildman–Crippen MR) is 65.9 cm³/mol. The lowest BCUT2D eigenvalue weighted by Crippen LogP contribution is -2.31. The Balaban J connectivity index is 1.73. The number of nitrogens with one attached hydrogen (secondary N) is 2. The average Bonchev–Trinajstić information content (AvgIpc) is 2.68. The molecule has 88 valence electrons. The van der Waals surface area contributed by atoms with E-state index in [0.717, 1.165) is 16.6 Å². The van der Waals surface area contributed by atoms with Crippen LogP contribution in [0.3, 0.4) is 0 Å². The van der Waals surface area contributed by atoms with E-state index in [1.807, 2.05) is 30.5 Å². The number of H-pyrrole nitrogens is 1. The van der Waals surface area contributed by atoms with Crippen molar-refractivity contribution < 1.29 is 9.53 Å². The molecule has 1 aliphatic rings. The van der Waals surface area contributed by atoms with Gasteiger partial charge in [0.15, 0.2) is 0 Å². The minimum absolute atomic E-state index is 0.0584. The average molecular weight is 230 g/mol. The van der Waals surface area contributed by atoms with Gasteiger partial charge in [-0.2, -0.15) is 0 Å². The molecule has 3 rings (SSSR count). The fraction of sp³-hybridized carbons (Fsp3) is 0.308. The van der Waals surface area contributed by atoms with Gasteiger partial charge in [-0.05, 0) is 6.07 Å². The van der Waals surface area contributed by atoms with Gasteiger partial charge < -0.3 is 15.0 Å². The van der Waals surface area contributed by atoms with Crippen LogP contribution in [0.1, 0.15) is 6.42 Å². The summed E-state index contributed by atoms with van der Waals surface area (Å²) in [5.41, 5.74) is 1.89. The summed E-state index contributed by atoms with van der Waals surface area (Å²) in [6.45, 7) is 1.42. The van der Waals surface area contributed by atoms with Crippen LogP contribution in [0.15, 0.2) is 30.5 Å². The molecule has 4 heteroatoms. The van der Waals surface area contributed by atoms with Crippen molar-refractivity contribution in [2.24, 2.45) is 5.92 Å². The number of carbonyl (C=O) groups is 1. The summed E-state index contributed by atoms with van der Waals surface area (Å²) in [5, 5.41) is 3.99. The van der Waals surface area contributed by atoms with Gasteiger partial charge in [0.1, 0.15) is 0 Å². The second-order valence-electron chi connectivity index (χ2n) is 4.40. The van der Waals surface area contributed by atoms with Crippen molar-refractivity contribution in [3.8, 4) is 0 Å². The first kappa shape index (κ1) is 10.4. The maximum atomic E-state index is 11.8. The van der Waals surface area contributed by atoms with Gasteiger partial charge in [0.05, 0.1) is 18.9 Å². The number of fused-ring (bicyclic) bond motifs is 1. The molecule has 2 aromatic rings. The number of anilines is 1.